The zero-order valence-corrected chi connectivity index (χ0v) is 34.8. The predicted molar refractivity (Wildman–Crippen MR) is 233 cm³/mol. The number of amides is 5. The molecule has 5 aliphatic heterocycles. The van der Waals surface area contributed by atoms with Crippen LogP contribution in [0.4, 0.5) is 16.3 Å². The number of rotatable bonds is 8. The average molecular weight is 837 g/mol. The minimum atomic E-state index is -0.605. The number of hydrogen-bond acceptors (Lipinski definition) is 10. The summed E-state index contributed by atoms with van der Waals surface area (Å²) in [5.74, 6) is 2.30. The third-order valence-electron chi connectivity index (χ3n) is 13.7. The standard InChI is InChI=1S/C47H52N10O5/c48-43-41-42(32-8-11-37(12-9-32)62-36-6-2-1-3-7-36)52-57(44(41)50-29-49-43)35-5-4-20-55(28-35)47(61)54-23-18-31(19-24-54)25-30-16-21-53(22-17-30)34-10-13-38-33(26-34)27-56(46(38)60)39-14-15-40(58)51-45(39)59/h1-3,6-13,26,29-31,35,39H,4-5,14-25,27-28H2,(H2,48,49,50)(H,51,58,59)/t35-,39?/m1/s1. The first-order chi connectivity index (χ1) is 30.3. The number of nitrogens with zero attached hydrogens (tertiary/aromatic N) is 8. The molecule has 1 unspecified atom stereocenters. The van der Waals surface area contributed by atoms with Gasteiger partial charge in [0.25, 0.3) is 5.91 Å². The van der Waals surface area contributed by atoms with Crippen LogP contribution in [0.15, 0.2) is 79.1 Å². The molecule has 4 fully saturated rings. The molecule has 5 aromatic rings. The topological polar surface area (TPSA) is 172 Å². The highest BCUT2D eigenvalue weighted by atomic mass is 16.5. The lowest BCUT2D eigenvalue weighted by atomic mass is 9.82. The Hall–Kier alpha value is -6.51. The van der Waals surface area contributed by atoms with Crippen LogP contribution >= 0.6 is 0 Å². The second kappa shape index (κ2) is 16.7. The van der Waals surface area contributed by atoms with E-state index in [1.807, 2.05) is 81.2 Å². The number of imide groups is 1. The second-order valence-electron chi connectivity index (χ2n) is 17.6. The predicted octanol–water partition coefficient (Wildman–Crippen LogP) is 6.40. The number of piperidine rings is 4. The highest BCUT2D eigenvalue weighted by Gasteiger charge is 2.40. The van der Waals surface area contributed by atoms with Gasteiger partial charge in [0.05, 0.1) is 11.4 Å². The Balaban J connectivity index is 0.719. The molecule has 320 valence electrons. The highest BCUT2D eigenvalue weighted by molar-refractivity contribution is 6.05. The summed E-state index contributed by atoms with van der Waals surface area (Å²) < 4.78 is 7.97. The number of nitrogens with one attached hydrogen (secondary N) is 1. The number of fused-ring (bicyclic) bond motifs is 2. The maximum absolute atomic E-state index is 14.0. The van der Waals surface area contributed by atoms with Gasteiger partial charge in [-0.2, -0.15) is 5.10 Å². The molecule has 0 bridgehead atoms. The minimum Gasteiger partial charge on any atom is -0.457 e. The average Bonchev–Trinajstić information content (AvgIpc) is 3.85. The fourth-order valence-corrected chi connectivity index (χ4v) is 10.3. The quantitative estimate of drug-likeness (QED) is 0.167. The van der Waals surface area contributed by atoms with E-state index in [9.17, 15) is 19.2 Å². The fraction of sp³-hybridized carbons (Fsp3) is 0.426. The molecule has 3 aromatic carbocycles. The minimum absolute atomic E-state index is 0.0471. The highest BCUT2D eigenvalue weighted by Crippen LogP contribution is 2.37. The lowest BCUT2D eigenvalue weighted by molar-refractivity contribution is -0.136. The van der Waals surface area contributed by atoms with Gasteiger partial charge in [0.1, 0.15) is 35.4 Å². The molecule has 2 aromatic heterocycles. The lowest BCUT2D eigenvalue weighted by Crippen LogP contribution is -2.52. The monoisotopic (exact) mass is 836 g/mol. The van der Waals surface area contributed by atoms with Gasteiger partial charge in [-0.3, -0.25) is 19.7 Å². The van der Waals surface area contributed by atoms with Crippen LogP contribution in [0.25, 0.3) is 22.3 Å². The largest absolute Gasteiger partial charge is 0.457 e. The summed E-state index contributed by atoms with van der Waals surface area (Å²) in [6.07, 6.45) is 9.29. The van der Waals surface area contributed by atoms with Crippen LogP contribution in [0.1, 0.15) is 79.8 Å². The molecule has 0 saturated carbocycles. The van der Waals surface area contributed by atoms with Crippen LogP contribution < -0.4 is 20.7 Å². The maximum atomic E-state index is 14.0. The van der Waals surface area contributed by atoms with Gasteiger partial charge in [-0.25, -0.2) is 19.4 Å². The van der Waals surface area contributed by atoms with Crippen LogP contribution in [0.5, 0.6) is 11.5 Å². The Morgan fingerprint density at radius 3 is 2.31 bits per heavy atom. The van der Waals surface area contributed by atoms with Gasteiger partial charge in [0.15, 0.2) is 5.65 Å². The van der Waals surface area contributed by atoms with E-state index in [1.165, 1.54) is 12.7 Å². The van der Waals surface area contributed by atoms with Gasteiger partial charge in [-0.15, -0.1) is 0 Å². The van der Waals surface area contributed by atoms with E-state index in [1.54, 1.807) is 4.90 Å². The number of likely N-dealkylation sites (tertiary alicyclic amines) is 2. The lowest BCUT2D eigenvalue weighted by Gasteiger charge is -2.40. The molecular weight excluding hydrogens is 785 g/mol. The van der Waals surface area contributed by atoms with Gasteiger partial charge in [-0.1, -0.05) is 18.2 Å². The van der Waals surface area contributed by atoms with Gasteiger partial charge >= 0.3 is 6.03 Å². The number of aromatic nitrogens is 4. The number of para-hydroxylation sites is 1. The van der Waals surface area contributed by atoms with Crippen molar-refractivity contribution in [3.63, 3.8) is 0 Å². The summed E-state index contributed by atoms with van der Waals surface area (Å²) in [6.45, 7) is 5.14. The van der Waals surface area contributed by atoms with Gasteiger partial charge in [-0.05, 0) is 123 Å². The molecule has 15 nitrogen and oxygen atoms in total. The number of carbonyl (C=O) groups is 4. The van der Waals surface area contributed by atoms with E-state index in [0.717, 1.165) is 99.6 Å². The summed E-state index contributed by atoms with van der Waals surface area (Å²) in [5.41, 5.74) is 11.4. The van der Waals surface area contributed by atoms with Crippen LogP contribution in [0.2, 0.25) is 0 Å². The van der Waals surface area contributed by atoms with Gasteiger partial charge < -0.3 is 30.1 Å². The van der Waals surface area contributed by atoms with Crippen molar-refractivity contribution in [2.45, 2.75) is 76.4 Å². The van der Waals surface area contributed by atoms with Crippen molar-refractivity contribution in [1.29, 1.82) is 0 Å². The van der Waals surface area contributed by atoms with Crippen LogP contribution in [-0.2, 0) is 16.1 Å². The van der Waals surface area contributed by atoms with Crippen molar-refractivity contribution in [3.8, 4) is 22.8 Å². The third-order valence-corrected chi connectivity index (χ3v) is 13.7. The van der Waals surface area contributed by atoms with E-state index in [4.69, 9.17) is 15.6 Å². The number of urea groups is 1. The number of carbonyl (C=O) groups excluding carboxylic acids is 4. The molecule has 15 heteroatoms. The zero-order chi connectivity index (χ0) is 42.3. The van der Waals surface area contributed by atoms with E-state index in [2.05, 4.69) is 26.3 Å². The Bertz CT molecular complexity index is 2490. The van der Waals surface area contributed by atoms with Gasteiger partial charge in [0.2, 0.25) is 11.8 Å². The number of hydrogen-bond donors (Lipinski definition) is 2. The zero-order valence-electron chi connectivity index (χ0n) is 34.8. The molecule has 4 saturated heterocycles. The molecule has 7 heterocycles. The summed E-state index contributed by atoms with van der Waals surface area (Å²) in [7, 11) is 0. The van der Waals surface area contributed by atoms with E-state index >= 15 is 0 Å². The van der Waals surface area contributed by atoms with Crippen molar-refractivity contribution >= 4 is 46.3 Å². The number of nitrogens with two attached hydrogens (primary N) is 1. The van der Waals surface area contributed by atoms with Gasteiger partial charge in [0, 0.05) is 69.0 Å². The van der Waals surface area contributed by atoms with Crippen LogP contribution in [-0.4, -0.2) is 104 Å². The summed E-state index contributed by atoms with van der Waals surface area (Å²) >= 11 is 0. The third kappa shape index (κ3) is 7.80. The van der Waals surface area contributed by atoms with Crippen LogP contribution in [0.3, 0.4) is 0 Å². The van der Waals surface area contributed by atoms with E-state index < -0.39 is 6.04 Å². The number of ether oxygens (including phenoxy) is 1. The molecule has 2 atom stereocenters. The van der Waals surface area contributed by atoms with Crippen molar-refractivity contribution in [2.24, 2.45) is 11.8 Å². The number of benzene rings is 3. The summed E-state index contributed by atoms with van der Waals surface area (Å²) in [4.78, 5) is 68.4. The van der Waals surface area contributed by atoms with Crippen molar-refractivity contribution in [2.75, 3.05) is 49.9 Å². The number of anilines is 2. The first-order valence-electron chi connectivity index (χ1n) is 22.1. The Morgan fingerprint density at radius 2 is 1.55 bits per heavy atom. The number of nitrogen functional groups attached to an aromatic ring is 1. The SMILES string of the molecule is Nc1ncnc2c1c(-c1ccc(Oc3ccccc3)cc1)nn2[C@@H]1CCCN(C(=O)N2CCC(CC3CCN(c4ccc5c(c4)CN(C4CCC(=O)NC4=O)C5=O)CC3)CC2)C1. The molecule has 3 N–H and O–H groups in total. The fourth-order valence-electron chi connectivity index (χ4n) is 10.3. The molecule has 5 amide bonds. The summed E-state index contributed by atoms with van der Waals surface area (Å²) in [6, 6.07) is 23.0. The molecule has 10 rings (SSSR count). The van der Waals surface area contributed by atoms with Crippen molar-refractivity contribution in [3.05, 3.63) is 90.3 Å². The van der Waals surface area contributed by atoms with Crippen molar-refractivity contribution in [1.82, 2.24) is 39.8 Å². The normalized spacial score (nSPS) is 21.4. The molecule has 0 aliphatic carbocycles. The molecule has 5 aliphatic rings. The van der Waals surface area contributed by atoms with Crippen LogP contribution in [0, 0.1) is 11.8 Å². The Morgan fingerprint density at radius 1 is 0.806 bits per heavy atom. The van der Waals surface area contributed by atoms with E-state index in [-0.39, 0.29) is 36.2 Å². The Labute approximate surface area is 360 Å². The molecular formula is C47H52N10O5. The summed E-state index contributed by atoms with van der Waals surface area (Å²) in [5, 5.41) is 8.19. The van der Waals surface area contributed by atoms with Crippen molar-refractivity contribution < 1.29 is 23.9 Å². The first-order valence-corrected chi connectivity index (χ1v) is 22.1. The first kappa shape index (κ1) is 39.6. The molecule has 62 heavy (non-hydrogen) atoms. The maximum Gasteiger partial charge on any atom is 0.320 e. The second-order valence-corrected chi connectivity index (χ2v) is 17.6. The molecule has 0 radical (unpaired) electrons. The smallest absolute Gasteiger partial charge is 0.320 e. The van der Waals surface area contributed by atoms with E-state index in [0.29, 0.717) is 59.5 Å². The Kier molecular flexibility index (Phi) is 10.7. The molecule has 0 spiro atoms.